The summed E-state index contributed by atoms with van der Waals surface area (Å²) in [5.74, 6) is -0.414. The third-order valence-electron chi connectivity index (χ3n) is 2.97. The first-order chi connectivity index (χ1) is 10.4. The molecule has 0 unspecified atom stereocenters. The van der Waals surface area contributed by atoms with E-state index in [2.05, 4.69) is 10.6 Å². The number of benzene rings is 2. The van der Waals surface area contributed by atoms with E-state index in [-0.39, 0.29) is 12.2 Å². The molecule has 0 bridgehead atoms. The van der Waals surface area contributed by atoms with Crippen molar-refractivity contribution in [2.75, 3.05) is 17.2 Å². The molecule has 0 aliphatic carbocycles. The molecule has 2 N–H and O–H groups in total. The number of carbonyl (C=O) groups is 1. The average Bonchev–Trinajstić information content (AvgIpc) is 2.44. The standard InChI is InChI=1S/C16H15F3N2O/c1-11-5-4-6-12(9-11)21-15(22)10-20-14-8-3-2-7-13(14)16(17,18)19/h2-9,20H,10H2,1H3,(H,21,22). The zero-order valence-electron chi connectivity index (χ0n) is 11.9. The molecule has 0 aliphatic rings. The molecular formula is C16H15F3N2O. The Morgan fingerprint density at radius 1 is 1.09 bits per heavy atom. The first kappa shape index (κ1) is 15.9. The number of aryl methyl sites for hydroxylation is 1. The van der Waals surface area contributed by atoms with E-state index in [9.17, 15) is 18.0 Å². The SMILES string of the molecule is Cc1cccc(NC(=O)CNc2ccccc2C(F)(F)F)c1. The number of anilines is 2. The highest BCUT2D eigenvalue weighted by Gasteiger charge is 2.33. The highest BCUT2D eigenvalue weighted by atomic mass is 19.4. The Hall–Kier alpha value is -2.50. The molecule has 0 fully saturated rings. The predicted octanol–water partition coefficient (Wildman–Crippen LogP) is 4.06. The lowest BCUT2D eigenvalue weighted by molar-refractivity contribution is -0.137. The Labute approximate surface area is 126 Å². The molecule has 0 radical (unpaired) electrons. The third kappa shape index (κ3) is 4.25. The zero-order valence-corrected chi connectivity index (χ0v) is 11.9. The highest BCUT2D eigenvalue weighted by molar-refractivity contribution is 5.93. The van der Waals surface area contributed by atoms with E-state index < -0.39 is 17.6 Å². The summed E-state index contributed by atoms with van der Waals surface area (Å²) in [6, 6.07) is 12.2. The Kier molecular flexibility index (Phi) is 4.70. The molecule has 3 nitrogen and oxygen atoms in total. The molecule has 0 spiro atoms. The van der Waals surface area contributed by atoms with Gasteiger partial charge in [-0.2, -0.15) is 13.2 Å². The molecule has 2 aromatic rings. The van der Waals surface area contributed by atoms with Crippen molar-refractivity contribution in [2.24, 2.45) is 0 Å². The van der Waals surface area contributed by atoms with Crippen LogP contribution in [0.25, 0.3) is 0 Å². The van der Waals surface area contributed by atoms with Gasteiger partial charge in [-0.3, -0.25) is 4.79 Å². The summed E-state index contributed by atoms with van der Waals surface area (Å²) >= 11 is 0. The van der Waals surface area contributed by atoms with Crippen LogP contribution >= 0.6 is 0 Å². The van der Waals surface area contributed by atoms with E-state index in [0.29, 0.717) is 5.69 Å². The number of carbonyl (C=O) groups excluding carboxylic acids is 1. The lowest BCUT2D eigenvalue weighted by Crippen LogP contribution is -2.23. The Morgan fingerprint density at radius 3 is 2.50 bits per heavy atom. The second-order valence-electron chi connectivity index (χ2n) is 4.81. The van der Waals surface area contributed by atoms with Crippen LogP contribution in [0.15, 0.2) is 48.5 Å². The van der Waals surface area contributed by atoms with Gasteiger partial charge in [0.2, 0.25) is 5.91 Å². The molecule has 6 heteroatoms. The van der Waals surface area contributed by atoms with Crippen LogP contribution in [0.4, 0.5) is 24.5 Å². The second kappa shape index (κ2) is 6.51. The Bertz CT molecular complexity index is 668. The maximum Gasteiger partial charge on any atom is 0.418 e. The van der Waals surface area contributed by atoms with Crippen molar-refractivity contribution in [1.29, 1.82) is 0 Å². The average molecular weight is 308 g/mol. The van der Waals surface area contributed by atoms with Crippen molar-refractivity contribution in [3.63, 3.8) is 0 Å². The third-order valence-corrected chi connectivity index (χ3v) is 2.97. The molecule has 0 saturated heterocycles. The van der Waals surface area contributed by atoms with Crippen LogP contribution in [-0.2, 0) is 11.0 Å². The largest absolute Gasteiger partial charge is 0.418 e. The van der Waals surface area contributed by atoms with E-state index in [1.807, 2.05) is 13.0 Å². The van der Waals surface area contributed by atoms with Crippen LogP contribution in [-0.4, -0.2) is 12.5 Å². The number of halogens is 3. The first-order valence-electron chi connectivity index (χ1n) is 6.63. The van der Waals surface area contributed by atoms with Crippen LogP contribution in [0, 0.1) is 6.92 Å². The fraction of sp³-hybridized carbons (Fsp3) is 0.188. The lowest BCUT2D eigenvalue weighted by Gasteiger charge is -2.14. The minimum atomic E-state index is -4.46. The number of hydrogen-bond acceptors (Lipinski definition) is 2. The fourth-order valence-electron chi connectivity index (χ4n) is 1.99. The van der Waals surface area contributed by atoms with Crippen molar-refractivity contribution in [3.8, 4) is 0 Å². The van der Waals surface area contributed by atoms with Crippen LogP contribution in [0.3, 0.4) is 0 Å². The first-order valence-corrected chi connectivity index (χ1v) is 6.63. The second-order valence-corrected chi connectivity index (χ2v) is 4.81. The molecule has 2 aromatic carbocycles. The van der Waals surface area contributed by atoms with Gasteiger partial charge in [-0.25, -0.2) is 0 Å². The quantitative estimate of drug-likeness (QED) is 0.894. The number of hydrogen-bond donors (Lipinski definition) is 2. The molecule has 0 heterocycles. The number of nitrogens with one attached hydrogen (secondary N) is 2. The topological polar surface area (TPSA) is 41.1 Å². The summed E-state index contributed by atoms with van der Waals surface area (Å²) in [6.07, 6.45) is -4.46. The molecule has 1 amide bonds. The van der Waals surface area contributed by atoms with E-state index in [0.717, 1.165) is 11.6 Å². The van der Waals surface area contributed by atoms with E-state index in [1.54, 1.807) is 18.2 Å². The summed E-state index contributed by atoms with van der Waals surface area (Å²) in [7, 11) is 0. The number of alkyl halides is 3. The number of para-hydroxylation sites is 1. The van der Waals surface area contributed by atoms with Crippen LogP contribution in [0.1, 0.15) is 11.1 Å². The van der Waals surface area contributed by atoms with Gasteiger partial charge in [-0.15, -0.1) is 0 Å². The summed E-state index contributed by atoms with van der Waals surface area (Å²) in [6.45, 7) is 1.63. The molecule has 22 heavy (non-hydrogen) atoms. The van der Waals surface area contributed by atoms with E-state index >= 15 is 0 Å². The van der Waals surface area contributed by atoms with Gasteiger partial charge in [-0.05, 0) is 36.8 Å². The van der Waals surface area contributed by atoms with Crippen molar-refractivity contribution in [2.45, 2.75) is 13.1 Å². The van der Waals surface area contributed by atoms with Crippen molar-refractivity contribution < 1.29 is 18.0 Å². The minimum Gasteiger partial charge on any atom is -0.376 e. The summed E-state index contributed by atoms with van der Waals surface area (Å²) in [5, 5.41) is 5.15. The molecule has 116 valence electrons. The van der Waals surface area contributed by atoms with Crippen LogP contribution in [0.5, 0.6) is 0 Å². The van der Waals surface area contributed by atoms with Crippen LogP contribution < -0.4 is 10.6 Å². The Morgan fingerprint density at radius 2 is 1.82 bits per heavy atom. The van der Waals surface area contributed by atoms with Gasteiger partial charge in [0.25, 0.3) is 0 Å². The van der Waals surface area contributed by atoms with Gasteiger partial charge in [0, 0.05) is 11.4 Å². The van der Waals surface area contributed by atoms with Gasteiger partial charge in [0.15, 0.2) is 0 Å². The molecule has 0 saturated carbocycles. The van der Waals surface area contributed by atoms with Crippen molar-refractivity contribution in [3.05, 3.63) is 59.7 Å². The fourth-order valence-corrected chi connectivity index (χ4v) is 1.99. The predicted molar refractivity (Wildman–Crippen MR) is 79.7 cm³/mol. The normalized spacial score (nSPS) is 11.1. The van der Waals surface area contributed by atoms with Gasteiger partial charge in [-0.1, -0.05) is 24.3 Å². The zero-order chi connectivity index (χ0) is 16.2. The van der Waals surface area contributed by atoms with Crippen molar-refractivity contribution >= 4 is 17.3 Å². The lowest BCUT2D eigenvalue weighted by atomic mass is 10.1. The smallest absolute Gasteiger partial charge is 0.376 e. The number of rotatable bonds is 4. The Balaban J connectivity index is 2.00. The molecule has 0 aliphatic heterocycles. The maximum absolute atomic E-state index is 12.8. The monoisotopic (exact) mass is 308 g/mol. The van der Waals surface area contributed by atoms with Gasteiger partial charge >= 0.3 is 6.18 Å². The maximum atomic E-state index is 12.8. The minimum absolute atomic E-state index is 0.116. The molecule has 0 aromatic heterocycles. The van der Waals surface area contributed by atoms with Crippen molar-refractivity contribution in [1.82, 2.24) is 0 Å². The number of amides is 1. The summed E-state index contributed by atoms with van der Waals surface area (Å²) in [5.41, 5.74) is 0.678. The molecule has 2 rings (SSSR count). The van der Waals surface area contributed by atoms with E-state index in [1.165, 1.54) is 18.2 Å². The van der Waals surface area contributed by atoms with E-state index in [4.69, 9.17) is 0 Å². The van der Waals surface area contributed by atoms with Gasteiger partial charge in [0.05, 0.1) is 12.1 Å². The van der Waals surface area contributed by atoms with Gasteiger partial charge < -0.3 is 10.6 Å². The summed E-state index contributed by atoms with van der Waals surface area (Å²) in [4.78, 5) is 11.8. The molecular weight excluding hydrogens is 293 g/mol. The molecule has 0 atom stereocenters. The van der Waals surface area contributed by atoms with Crippen LogP contribution in [0.2, 0.25) is 0 Å². The highest BCUT2D eigenvalue weighted by Crippen LogP contribution is 2.34. The summed E-state index contributed by atoms with van der Waals surface area (Å²) < 4.78 is 38.5. The van der Waals surface area contributed by atoms with Gasteiger partial charge in [0.1, 0.15) is 0 Å².